The fraction of sp³-hybridized carbons (Fsp3) is 0. The van der Waals surface area contributed by atoms with Crippen molar-refractivity contribution in [1.82, 2.24) is 9.97 Å². The molecule has 0 atom stereocenters. The number of rotatable bonds is 1. The van der Waals surface area contributed by atoms with Gasteiger partial charge in [0.1, 0.15) is 5.69 Å². The molecule has 2 aromatic rings. The lowest BCUT2D eigenvalue weighted by Crippen LogP contribution is -1.91. The van der Waals surface area contributed by atoms with Crippen molar-refractivity contribution in [2.75, 3.05) is 0 Å². The Morgan fingerprint density at radius 1 is 1.17 bits per heavy atom. The first-order valence-corrected chi connectivity index (χ1v) is 3.77. The average Bonchev–Trinajstić information content (AvgIpc) is 2.62. The summed E-state index contributed by atoms with van der Waals surface area (Å²) in [5.74, 6) is 0.705. The topological polar surface area (TPSA) is 37.9 Å². The summed E-state index contributed by atoms with van der Waals surface area (Å²) < 4.78 is 5.14. The van der Waals surface area contributed by atoms with Gasteiger partial charge in [-0.25, -0.2) is 0 Å². The molecule has 4 rings (SSSR count). The van der Waals surface area contributed by atoms with Crippen LogP contribution in [0.1, 0.15) is 0 Å². The Morgan fingerprint density at radius 3 is 2.50 bits per heavy atom. The molecule has 0 radical (unpaired) electrons. The molecule has 3 heterocycles. The van der Waals surface area contributed by atoms with E-state index in [0.29, 0.717) is 11.9 Å². The highest BCUT2D eigenvalue weighted by Crippen LogP contribution is 2.39. The Labute approximate surface area is 69.0 Å². The lowest BCUT2D eigenvalue weighted by molar-refractivity contribution is 0.387. The molecule has 2 aliphatic rings. The van der Waals surface area contributed by atoms with Crippen LogP contribution < -0.4 is 4.74 Å². The van der Waals surface area contributed by atoms with Crippen LogP contribution in [0.25, 0.3) is 11.3 Å². The maximum Gasteiger partial charge on any atom is 0.304 e. The number of hydrogen-bond donors (Lipinski definition) is 1. The molecule has 0 amide bonds. The van der Waals surface area contributed by atoms with Crippen LogP contribution in [-0.4, -0.2) is 9.97 Å². The van der Waals surface area contributed by atoms with E-state index in [9.17, 15) is 0 Å². The molecule has 1 N–H and O–H groups in total. The second kappa shape index (κ2) is 1.88. The highest BCUT2D eigenvalue weighted by Gasteiger charge is 2.23. The van der Waals surface area contributed by atoms with Crippen LogP contribution in [0.4, 0.5) is 0 Å². The van der Waals surface area contributed by atoms with Crippen LogP contribution in [0.3, 0.4) is 0 Å². The quantitative estimate of drug-likeness (QED) is 0.589. The second-order valence-corrected chi connectivity index (χ2v) is 2.69. The van der Waals surface area contributed by atoms with Crippen LogP contribution in [0.5, 0.6) is 11.9 Å². The molecule has 0 aliphatic carbocycles. The van der Waals surface area contributed by atoms with Crippen LogP contribution in [0.15, 0.2) is 30.3 Å². The molecular weight excluding hydrogens is 152 g/mol. The Bertz CT molecular complexity index is 419. The van der Waals surface area contributed by atoms with Gasteiger partial charge in [-0.2, -0.15) is 4.98 Å². The van der Waals surface area contributed by atoms with Crippen molar-refractivity contribution in [1.29, 1.82) is 0 Å². The Balaban J connectivity index is 2.18. The summed E-state index contributed by atoms with van der Waals surface area (Å²) in [6.45, 7) is 0. The summed E-state index contributed by atoms with van der Waals surface area (Å²) in [6.07, 6.45) is 0. The van der Waals surface area contributed by atoms with Gasteiger partial charge >= 0.3 is 6.01 Å². The van der Waals surface area contributed by atoms with Gasteiger partial charge in [-0.1, -0.05) is 30.3 Å². The monoisotopic (exact) mass is 158 g/mol. The minimum atomic E-state index is 0.615. The zero-order valence-corrected chi connectivity index (χ0v) is 6.24. The van der Waals surface area contributed by atoms with Crippen molar-refractivity contribution in [2.24, 2.45) is 0 Å². The van der Waals surface area contributed by atoms with E-state index in [4.69, 9.17) is 4.74 Å². The number of imidazole rings is 1. The lowest BCUT2D eigenvalue weighted by Gasteiger charge is -2.01. The summed E-state index contributed by atoms with van der Waals surface area (Å²) in [6, 6.07) is 10.6. The Kier molecular flexibility index (Phi) is 0.913. The predicted octanol–water partition coefficient (Wildman–Crippen LogP) is 2.18. The van der Waals surface area contributed by atoms with Gasteiger partial charge in [0, 0.05) is 5.56 Å². The molecule has 2 bridgehead atoms. The van der Waals surface area contributed by atoms with Gasteiger partial charge < -0.3 is 9.72 Å². The van der Waals surface area contributed by atoms with Gasteiger partial charge in [0.2, 0.25) is 0 Å². The number of aromatic amines is 1. The molecule has 1 aromatic carbocycles. The van der Waals surface area contributed by atoms with Crippen molar-refractivity contribution in [3.8, 4) is 23.1 Å². The Morgan fingerprint density at radius 2 is 1.92 bits per heavy atom. The summed E-state index contributed by atoms with van der Waals surface area (Å²) >= 11 is 0. The van der Waals surface area contributed by atoms with E-state index < -0.39 is 0 Å². The minimum absolute atomic E-state index is 0.615. The second-order valence-electron chi connectivity index (χ2n) is 2.69. The molecule has 3 heteroatoms. The van der Waals surface area contributed by atoms with E-state index in [0.717, 1.165) is 11.3 Å². The van der Waals surface area contributed by atoms with Crippen molar-refractivity contribution >= 4 is 0 Å². The first-order chi connectivity index (χ1) is 5.93. The molecule has 2 aliphatic heterocycles. The third-order valence-electron chi connectivity index (χ3n) is 1.90. The Hall–Kier alpha value is -1.77. The number of aromatic nitrogens is 2. The SMILES string of the molecule is c1ccc(-c2[nH]c3nc2O3)cc1. The molecule has 0 spiro atoms. The molecule has 0 saturated heterocycles. The van der Waals surface area contributed by atoms with E-state index >= 15 is 0 Å². The number of H-pyrrole nitrogens is 1. The summed E-state index contributed by atoms with van der Waals surface area (Å²) in [4.78, 5) is 7.11. The average molecular weight is 158 g/mol. The fourth-order valence-electron chi connectivity index (χ4n) is 1.31. The van der Waals surface area contributed by atoms with Gasteiger partial charge in [0.25, 0.3) is 5.88 Å². The minimum Gasteiger partial charge on any atom is -0.404 e. The number of fused-ring (bicyclic) bond motifs is 1. The van der Waals surface area contributed by atoms with Crippen LogP contribution in [0.2, 0.25) is 0 Å². The largest absolute Gasteiger partial charge is 0.404 e. The van der Waals surface area contributed by atoms with E-state index in [1.54, 1.807) is 0 Å². The van der Waals surface area contributed by atoms with Crippen LogP contribution in [0, 0.1) is 0 Å². The maximum atomic E-state index is 5.14. The summed E-state index contributed by atoms with van der Waals surface area (Å²) in [5.41, 5.74) is 2.09. The molecule has 0 unspecified atom stereocenters. The number of nitrogens with zero attached hydrogens (tertiary/aromatic N) is 1. The highest BCUT2D eigenvalue weighted by atomic mass is 16.5. The molecule has 58 valence electrons. The van der Waals surface area contributed by atoms with Crippen LogP contribution >= 0.6 is 0 Å². The molecular formula is C9H6N2O. The lowest BCUT2D eigenvalue weighted by atomic mass is 10.2. The zero-order chi connectivity index (χ0) is 7.97. The molecule has 3 nitrogen and oxygen atoms in total. The normalized spacial score (nSPS) is 12.0. The number of hydrogen-bond acceptors (Lipinski definition) is 2. The van der Waals surface area contributed by atoms with E-state index in [1.165, 1.54) is 0 Å². The smallest absolute Gasteiger partial charge is 0.304 e. The van der Waals surface area contributed by atoms with Crippen molar-refractivity contribution in [2.45, 2.75) is 0 Å². The van der Waals surface area contributed by atoms with Gasteiger partial charge in [0.05, 0.1) is 0 Å². The van der Waals surface area contributed by atoms with E-state index in [1.807, 2.05) is 30.3 Å². The first kappa shape index (κ1) is 5.83. The molecule has 0 fully saturated rings. The third kappa shape index (κ3) is 0.625. The van der Waals surface area contributed by atoms with Gasteiger partial charge in [0.15, 0.2) is 0 Å². The first-order valence-electron chi connectivity index (χ1n) is 3.77. The predicted molar refractivity (Wildman–Crippen MR) is 44.1 cm³/mol. The third-order valence-corrected chi connectivity index (χ3v) is 1.90. The molecule has 0 saturated carbocycles. The van der Waals surface area contributed by atoms with E-state index in [-0.39, 0.29) is 0 Å². The zero-order valence-electron chi connectivity index (χ0n) is 6.24. The maximum absolute atomic E-state index is 5.14. The standard InChI is InChI=1S/C9H6N2O/c1-2-4-6(5-3-1)7-8-11-9(10-7)12-8/h1-5H,(H,10,11). The van der Waals surface area contributed by atoms with Crippen molar-refractivity contribution in [3.63, 3.8) is 0 Å². The highest BCUT2D eigenvalue weighted by molar-refractivity contribution is 5.68. The number of nitrogens with one attached hydrogen (secondary N) is 1. The molecule has 12 heavy (non-hydrogen) atoms. The van der Waals surface area contributed by atoms with Gasteiger partial charge in [-0.05, 0) is 0 Å². The fourth-order valence-corrected chi connectivity index (χ4v) is 1.31. The number of ether oxygens (including phenoxy) is 1. The number of benzene rings is 1. The summed E-state index contributed by atoms with van der Waals surface area (Å²) in [5, 5.41) is 0. The van der Waals surface area contributed by atoms with Crippen molar-refractivity contribution in [3.05, 3.63) is 30.3 Å². The summed E-state index contributed by atoms with van der Waals surface area (Å²) in [7, 11) is 0. The van der Waals surface area contributed by atoms with Gasteiger partial charge in [-0.15, -0.1) is 0 Å². The van der Waals surface area contributed by atoms with Gasteiger partial charge in [-0.3, -0.25) is 0 Å². The van der Waals surface area contributed by atoms with Crippen LogP contribution in [-0.2, 0) is 0 Å². The van der Waals surface area contributed by atoms with E-state index in [2.05, 4.69) is 9.97 Å². The molecule has 1 aromatic heterocycles. The van der Waals surface area contributed by atoms with Crippen molar-refractivity contribution < 1.29 is 4.74 Å².